The maximum atomic E-state index is 11.9. The van der Waals surface area contributed by atoms with Crippen LogP contribution in [0.5, 0.6) is 0 Å². The first-order chi connectivity index (χ1) is 8.65. The molecule has 2 heterocycles. The molecule has 1 aliphatic rings. The maximum absolute atomic E-state index is 11.9. The second-order valence-electron chi connectivity index (χ2n) is 3.96. The Bertz CT molecular complexity index is 449. The van der Waals surface area contributed by atoms with E-state index in [1.54, 1.807) is 11.6 Å². The van der Waals surface area contributed by atoms with Gasteiger partial charge in [-0.25, -0.2) is 0 Å². The van der Waals surface area contributed by atoms with Crippen molar-refractivity contribution >= 4 is 11.7 Å². The van der Waals surface area contributed by atoms with E-state index in [1.807, 2.05) is 20.8 Å². The summed E-state index contributed by atoms with van der Waals surface area (Å²) in [5.41, 5.74) is 1.59. The van der Waals surface area contributed by atoms with Gasteiger partial charge in [0.15, 0.2) is 5.78 Å². The van der Waals surface area contributed by atoms with Crippen molar-refractivity contribution in [3.8, 4) is 0 Å². The number of hydrogen-bond acceptors (Lipinski definition) is 3. The Morgan fingerprint density at radius 1 is 1.44 bits per heavy atom. The number of fused-ring (bicyclic) bond motifs is 1. The fourth-order valence-electron chi connectivity index (χ4n) is 2.02. The molecule has 5 heteroatoms. The van der Waals surface area contributed by atoms with Gasteiger partial charge in [-0.15, -0.1) is 0 Å². The van der Waals surface area contributed by atoms with Crippen LogP contribution < -0.4 is 5.32 Å². The highest BCUT2D eigenvalue weighted by Gasteiger charge is 2.27. The molecule has 1 aromatic rings. The molecule has 100 valence electrons. The highest BCUT2D eigenvalue weighted by atomic mass is 16.2. The molecule has 2 rings (SSSR count). The lowest BCUT2D eigenvalue weighted by atomic mass is 10.0. The molecule has 0 fully saturated rings. The molecule has 0 spiro atoms. The fourth-order valence-corrected chi connectivity index (χ4v) is 2.02. The first-order valence-corrected chi connectivity index (χ1v) is 6.54. The molecule has 1 aliphatic heterocycles. The Labute approximate surface area is 108 Å². The molecule has 0 aromatic carbocycles. The van der Waals surface area contributed by atoms with E-state index in [0.29, 0.717) is 36.5 Å². The molecule has 0 aliphatic carbocycles. The number of nitrogens with one attached hydrogen (secondary N) is 1. The Kier molecular flexibility index (Phi) is 5.07. The second-order valence-corrected chi connectivity index (χ2v) is 3.96. The molecule has 0 unspecified atom stereocenters. The molecule has 0 saturated carbocycles. The normalized spacial score (nSPS) is 13.2. The SMILES string of the molecule is CC.CCCC(=O)c1c(C)nn2c1C(=O)NCC2. The van der Waals surface area contributed by atoms with E-state index >= 15 is 0 Å². The zero-order chi connectivity index (χ0) is 13.7. The lowest BCUT2D eigenvalue weighted by Gasteiger charge is -2.14. The Morgan fingerprint density at radius 2 is 2.11 bits per heavy atom. The number of Topliss-reactive ketones (excluding diaryl/α,β-unsaturated/α-hetero) is 1. The van der Waals surface area contributed by atoms with Crippen LogP contribution in [-0.4, -0.2) is 28.0 Å². The molecule has 0 bridgehead atoms. The van der Waals surface area contributed by atoms with Crippen molar-refractivity contribution in [1.82, 2.24) is 15.1 Å². The van der Waals surface area contributed by atoms with Crippen LogP contribution in [-0.2, 0) is 6.54 Å². The van der Waals surface area contributed by atoms with Gasteiger partial charge in [-0.05, 0) is 13.3 Å². The summed E-state index contributed by atoms with van der Waals surface area (Å²) in [6.07, 6.45) is 1.25. The minimum absolute atomic E-state index is 0.0123. The van der Waals surface area contributed by atoms with E-state index < -0.39 is 0 Å². The van der Waals surface area contributed by atoms with Crippen LogP contribution in [0.4, 0.5) is 0 Å². The van der Waals surface area contributed by atoms with Gasteiger partial charge in [-0.2, -0.15) is 5.10 Å². The average molecular weight is 251 g/mol. The van der Waals surface area contributed by atoms with Crippen LogP contribution in [0.2, 0.25) is 0 Å². The third-order valence-electron chi connectivity index (χ3n) is 2.71. The minimum Gasteiger partial charge on any atom is -0.349 e. The smallest absolute Gasteiger partial charge is 0.270 e. The maximum Gasteiger partial charge on any atom is 0.270 e. The third-order valence-corrected chi connectivity index (χ3v) is 2.71. The highest BCUT2D eigenvalue weighted by molar-refractivity contribution is 6.08. The number of carbonyl (C=O) groups is 2. The molecule has 1 aromatic heterocycles. The summed E-state index contributed by atoms with van der Waals surface area (Å²) in [5.74, 6) is -0.176. The van der Waals surface area contributed by atoms with Crippen molar-refractivity contribution in [2.75, 3.05) is 6.54 Å². The van der Waals surface area contributed by atoms with Gasteiger partial charge in [0.2, 0.25) is 0 Å². The van der Waals surface area contributed by atoms with E-state index in [2.05, 4.69) is 10.4 Å². The first-order valence-electron chi connectivity index (χ1n) is 6.54. The summed E-state index contributed by atoms with van der Waals surface area (Å²) in [7, 11) is 0. The second kappa shape index (κ2) is 6.33. The lowest BCUT2D eigenvalue weighted by molar-refractivity contribution is 0.0907. The molecule has 18 heavy (non-hydrogen) atoms. The number of aryl methyl sites for hydroxylation is 1. The Hall–Kier alpha value is -1.65. The van der Waals surface area contributed by atoms with E-state index in [1.165, 1.54) is 0 Å². The van der Waals surface area contributed by atoms with E-state index in [-0.39, 0.29) is 11.7 Å². The molecule has 0 atom stereocenters. The largest absolute Gasteiger partial charge is 0.349 e. The van der Waals surface area contributed by atoms with Crippen LogP contribution >= 0.6 is 0 Å². The van der Waals surface area contributed by atoms with Gasteiger partial charge in [0.25, 0.3) is 5.91 Å². The quantitative estimate of drug-likeness (QED) is 0.835. The van der Waals surface area contributed by atoms with Crippen LogP contribution in [0.1, 0.15) is 60.2 Å². The van der Waals surface area contributed by atoms with Gasteiger partial charge in [-0.1, -0.05) is 20.8 Å². The molecular weight excluding hydrogens is 230 g/mol. The number of ketones is 1. The van der Waals surface area contributed by atoms with E-state index in [4.69, 9.17) is 0 Å². The number of rotatable bonds is 3. The average Bonchev–Trinajstić information content (AvgIpc) is 2.70. The zero-order valence-corrected chi connectivity index (χ0v) is 11.5. The molecule has 1 N–H and O–H groups in total. The van der Waals surface area contributed by atoms with E-state index in [0.717, 1.165) is 6.42 Å². The monoisotopic (exact) mass is 251 g/mol. The first kappa shape index (κ1) is 14.4. The third kappa shape index (κ3) is 2.60. The van der Waals surface area contributed by atoms with Crippen molar-refractivity contribution in [1.29, 1.82) is 0 Å². The summed E-state index contributed by atoms with van der Waals surface area (Å²) >= 11 is 0. The fraction of sp³-hybridized carbons (Fsp3) is 0.615. The van der Waals surface area contributed by atoms with Crippen LogP contribution in [0.3, 0.4) is 0 Å². The Morgan fingerprint density at radius 3 is 2.72 bits per heavy atom. The Balaban J connectivity index is 0.000000771. The number of hydrogen-bond donors (Lipinski definition) is 1. The topological polar surface area (TPSA) is 64.0 Å². The summed E-state index contributed by atoms with van der Waals surface area (Å²) in [6.45, 7) is 8.94. The van der Waals surface area contributed by atoms with Crippen molar-refractivity contribution < 1.29 is 9.59 Å². The van der Waals surface area contributed by atoms with Crippen LogP contribution in [0, 0.1) is 6.92 Å². The van der Waals surface area contributed by atoms with Gasteiger partial charge >= 0.3 is 0 Å². The van der Waals surface area contributed by atoms with E-state index in [9.17, 15) is 9.59 Å². The van der Waals surface area contributed by atoms with Gasteiger partial charge in [-0.3, -0.25) is 14.3 Å². The number of nitrogens with zero attached hydrogens (tertiary/aromatic N) is 2. The number of aromatic nitrogens is 2. The number of carbonyl (C=O) groups excluding carboxylic acids is 2. The van der Waals surface area contributed by atoms with Gasteiger partial charge in [0, 0.05) is 13.0 Å². The lowest BCUT2D eigenvalue weighted by Crippen LogP contribution is -2.36. The van der Waals surface area contributed by atoms with Gasteiger partial charge in [0.1, 0.15) is 5.69 Å². The van der Waals surface area contributed by atoms with Crippen LogP contribution in [0.25, 0.3) is 0 Å². The summed E-state index contributed by atoms with van der Waals surface area (Å²) < 4.78 is 1.64. The van der Waals surface area contributed by atoms with Crippen molar-refractivity contribution in [3.63, 3.8) is 0 Å². The predicted molar refractivity (Wildman–Crippen MR) is 69.9 cm³/mol. The molecule has 0 saturated heterocycles. The van der Waals surface area contributed by atoms with Crippen molar-refractivity contribution in [3.05, 3.63) is 17.0 Å². The molecule has 0 radical (unpaired) electrons. The summed E-state index contributed by atoms with van der Waals surface area (Å²) in [5, 5.41) is 6.98. The molecular formula is C13H21N3O2. The summed E-state index contributed by atoms with van der Waals surface area (Å²) in [6, 6.07) is 0. The van der Waals surface area contributed by atoms with Crippen LogP contribution in [0.15, 0.2) is 0 Å². The zero-order valence-electron chi connectivity index (χ0n) is 11.5. The van der Waals surface area contributed by atoms with Crippen molar-refractivity contribution in [2.24, 2.45) is 0 Å². The summed E-state index contributed by atoms with van der Waals surface area (Å²) in [4.78, 5) is 23.6. The highest BCUT2D eigenvalue weighted by Crippen LogP contribution is 2.18. The predicted octanol–water partition coefficient (Wildman–Crippen LogP) is 1.94. The van der Waals surface area contributed by atoms with Gasteiger partial charge in [0.05, 0.1) is 17.8 Å². The standard InChI is InChI=1S/C11H15N3O2.C2H6/c1-3-4-8(15)9-7(2)13-14-6-5-12-11(16)10(9)14;1-2/h3-6H2,1-2H3,(H,12,16);1-2H3. The van der Waals surface area contributed by atoms with Crippen molar-refractivity contribution in [2.45, 2.75) is 47.1 Å². The molecule has 1 amide bonds. The van der Waals surface area contributed by atoms with Gasteiger partial charge < -0.3 is 5.32 Å². The number of amides is 1. The minimum atomic E-state index is -0.189. The molecule has 5 nitrogen and oxygen atoms in total.